The maximum absolute atomic E-state index is 13.8. The summed E-state index contributed by atoms with van der Waals surface area (Å²) >= 11 is 13.1. The highest BCUT2D eigenvalue weighted by Crippen LogP contribution is 2.74. The largest absolute Gasteiger partial charge is 0.463 e. The average molecular weight is 756 g/mol. The normalized spacial score (nSPS) is 41.8. The van der Waals surface area contributed by atoms with E-state index in [1.54, 1.807) is 62.4 Å². The predicted molar refractivity (Wildman–Crippen MR) is 181 cm³/mol. The third-order valence-electron chi connectivity index (χ3n) is 11.5. The van der Waals surface area contributed by atoms with Gasteiger partial charge in [-0.25, -0.2) is 4.79 Å². The van der Waals surface area contributed by atoms with E-state index < -0.39 is 95.2 Å². The van der Waals surface area contributed by atoms with Crippen LogP contribution in [-0.4, -0.2) is 87.7 Å². The van der Waals surface area contributed by atoms with Gasteiger partial charge >= 0.3 is 23.9 Å². The standard InChI is InChI=1S/C38H36Cl2O12/c1-18(2)35(44)27-19(3)37-25-16-24(31(39)40)28(48-32(43)22-12-8-6-9-13-22)36(25,45)33(47-21(5)42)34(17-46-20(4)41)29(49-34)26(37)30(35)51-38(50-27,52-37)23-14-10-7-11-15-23/h6-16,19,26-30,33,44-45H,1,17H2,2-5H3/t19-,26+,27+,28+,29+,30-,33+,34+,35+,36-,37+,38?/m1/s1. The lowest BCUT2D eigenvalue weighted by Gasteiger charge is -2.71. The number of fused-ring (bicyclic) bond motifs is 2. The van der Waals surface area contributed by atoms with Gasteiger partial charge in [-0.05, 0) is 30.7 Å². The second-order valence-corrected chi connectivity index (χ2v) is 15.3. The highest BCUT2D eigenvalue weighted by molar-refractivity contribution is 6.56. The lowest BCUT2D eigenvalue weighted by Crippen LogP contribution is -2.84. The highest BCUT2D eigenvalue weighted by atomic mass is 35.5. The Balaban J connectivity index is 1.42. The van der Waals surface area contributed by atoms with Gasteiger partial charge in [0.25, 0.3) is 0 Å². The summed E-state index contributed by atoms with van der Waals surface area (Å²) in [6, 6.07) is 16.9. The molecule has 274 valence electrons. The number of esters is 3. The Morgan fingerprint density at radius 3 is 2.10 bits per heavy atom. The van der Waals surface area contributed by atoms with Gasteiger partial charge in [-0.15, -0.1) is 0 Å². The molecule has 0 aromatic heterocycles. The van der Waals surface area contributed by atoms with Gasteiger partial charge in [0.05, 0.1) is 11.5 Å². The number of benzene rings is 2. The molecule has 4 heterocycles. The maximum atomic E-state index is 13.8. The quantitative estimate of drug-likeness (QED) is 0.180. The minimum absolute atomic E-state index is 0.0277. The van der Waals surface area contributed by atoms with Crippen LogP contribution >= 0.6 is 23.2 Å². The molecule has 4 bridgehead atoms. The molecular weight excluding hydrogens is 719 g/mol. The summed E-state index contributed by atoms with van der Waals surface area (Å²) < 4.78 is 44.3. The first kappa shape index (κ1) is 35.4. The van der Waals surface area contributed by atoms with Crippen LogP contribution in [0.15, 0.2) is 94.5 Å². The predicted octanol–water partition coefficient (Wildman–Crippen LogP) is 4.15. The number of hydrogen-bond donors (Lipinski definition) is 2. The van der Waals surface area contributed by atoms with E-state index in [1.807, 2.05) is 0 Å². The topological polar surface area (TPSA) is 160 Å². The molecule has 2 aromatic rings. The van der Waals surface area contributed by atoms with Crippen molar-refractivity contribution in [2.24, 2.45) is 11.8 Å². The molecule has 2 N–H and O–H groups in total. The van der Waals surface area contributed by atoms with E-state index in [0.29, 0.717) is 11.1 Å². The Labute approximate surface area is 308 Å². The Hall–Kier alpha value is -3.59. The highest BCUT2D eigenvalue weighted by Gasteiger charge is 2.90. The summed E-state index contributed by atoms with van der Waals surface area (Å²) in [5, 5.41) is 26.3. The summed E-state index contributed by atoms with van der Waals surface area (Å²) in [6.07, 6.45) is -5.27. The van der Waals surface area contributed by atoms with E-state index in [2.05, 4.69) is 6.58 Å². The molecule has 6 fully saturated rings. The van der Waals surface area contributed by atoms with Crippen LogP contribution in [0.1, 0.15) is 43.6 Å². The van der Waals surface area contributed by atoms with Gasteiger partial charge in [0, 0.05) is 36.5 Å². The van der Waals surface area contributed by atoms with Crippen molar-refractivity contribution in [2.75, 3.05) is 6.61 Å². The van der Waals surface area contributed by atoms with E-state index in [4.69, 9.17) is 56.4 Å². The number of aliphatic hydroxyl groups is 2. The Kier molecular flexibility index (Phi) is 7.98. The first-order valence-corrected chi connectivity index (χ1v) is 17.6. The van der Waals surface area contributed by atoms with Crippen molar-refractivity contribution in [1.82, 2.24) is 0 Å². The Morgan fingerprint density at radius 1 is 0.865 bits per heavy atom. The van der Waals surface area contributed by atoms with Crippen LogP contribution in [0.4, 0.5) is 0 Å². The fourth-order valence-electron chi connectivity index (χ4n) is 9.32. The fraction of sp³-hybridized carbons (Fsp3) is 0.447. The van der Waals surface area contributed by atoms with Crippen molar-refractivity contribution < 1.29 is 57.8 Å². The van der Waals surface area contributed by atoms with Crippen LogP contribution in [0.25, 0.3) is 0 Å². The smallest absolute Gasteiger partial charge is 0.338 e. The molecule has 2 aromatic carbocycles. The molecule has 4 saturated heterocycles. The molecule has 0 radical (unpaired) electrons. The van der Waals surface area contributed by atoms with Crippen molar-refractivity contribution in [3.05, 3.63) is 106 Å². The van der Waals surface area contributed by atoms with Gasteiger partial charge in [-0.1, -0.05) is 85.2 Å². The van der Waals surface area contributed by atoms with Crippen molar-refractivity contribution in [1.29, 1.82) is 0 Å². The SMILES string of the molecule is C=C(C)[C@@]1(O)[C@@H]2OC3(c4ccccc4)O[C@H]1[C@@H](C)[C@]1(O3)C3=CC(=C(Cl)Cl)[C@H](OC(=O)c4ccccc4)[C@@]3(O)[C@@H](OC(C)=O)[C@@]3(COC(C)=O)O[C@H]3[C@@H]21. The molecule has 4 aliphatic heterocycles. The number of rotatable bonds is 7. The Bertz CT molecular complexity index is 1950. The third kappa shape index (κ3) is 4.53. The number of carbonyl (C=O) groups is 3. The summed E-state index contributed by atoms with van der Waals surface area (Å²) in [6.45, 7) is 9.37. The molecule has 14 heteroatoms. The number of ether oxygens (including phenoxy) is 7. The average Bonchev–Trinajstić information content (AvgIpc) is 3.76. The van der Waals surface area contributed by atoms with E-state index in [1.165, 1.54) is 25.1 Å². The van der Waals surface area contributed by atoms with Crippen molar-refractivity contribution >= 4 is 41.1 Å². The minimum atomic E-state index is -2.54. The van der Waals surface area contributed by atoms with Crippen LogP contribution in [0.5, 0.6) is 0 Å². The first-order valence-electron chi connectivity index (χ1n) is 16.8. The molecule has 12 atom stereocenters. The van der Waals surface area contributed by atoms with Crippen LogP contribution in [0.2, 0.25) is 0 Å². The molecule has 7 aliphatic rings. The van der Waals surface area contributed by atoms with Gasteiger partial charge in [0.2, 0.25) is 0 Å². The summed E-state index contributed by atoms with van der Waals surface area (Å²) in [5.74, 6) is -6.17. The molecular formula is C38H36Cl2O12. The van der Waals surface area contributed by atoms with E-state index in [-0.39, 0.29) is 21.2 Å². The molecule has 2 saturated carbocycles. The van der Waals surface area contributed by atoms with Gasteiger partial charge in [0.1, 0.15) is 40.6 Å². The number of halogens is 2. The van der Waals surface area contributed by atoms with Gasteiger partial charge < -0.3 is 43.4 Å². The molecule has 52 heavy (non-hydrogen) atoms. The fourth-order valence-corrected chi connectivity index (χ4v) is 9.62. The van der Waals surface area contributed by atoms with E-state index >= 15 is 0 Å². The monoisotopic (exact) mass is 754 g/mol. The minimum Gasteiger partial charge on any atom is -0.463 e. The van der Waals surface area contributed by atoms with Crippen LogP contribution < -0.4 is 0 Å². The van der Waals surface area contributed by atoms with Crippen molar-refractivity contribution in [2.45, 2.75) is 86.6 Å². The second kappa shape index (κ2) is 11.7. The van der Waals surface area contributed by atoms with E-state index in [0.717, 1.165) is 6.92 Å². The van der Waals surface area contributed by atoms with Gasteiger partial charge in [-0.3, -0.25) is 9.59 Å². The van der Waals surface area contributed by atoms with Crippen molar-refractivity contribution in [3.8, 4) is 0 Å². The molecule has 1 unspecified atom stereocenters. The lowest BCUT2D eigenvalue weighted by atomic mass is 9.53. The molecule has 9 rings (SSSR count). The van der Waals surface area contributed by atoms with Crippen LogP contribution in [0, 0.1) is 11.8 Å². The Morgan fingerprint density at radius 2 is 1.50 bits per heavy atom. The lowest BCUT2D eigenvalue weighted by molar-refractivity contribution is -0.571. The zero-order chi connectivity index (χ0) is 37.2. The van der Waals surface area contributed by atoms with Crippen LogP contribution in [0.3, 0.4) is 0 Å². The first-order chi connectivity index (χ1) is 24.6. The number of hydrogen-bond acceptors (Lipinski definition) is 12. The number of carbonyl (C=O) groups excluding carboxylic acids is 3. The van der Waals surface area contributed by atoms with Gasteiger partial charge in [0.15, 0.2) is 23.4 Å². The maximum Gasteiger partial charge on any atom is 0.338 e. The van der Waals surface area contributed by atoms with Crippen LogP contribution in [-0.2, 0) is 48.7 Å². The third-order valence-corrected chi connectivity index (χ3v) is 11.9. The number of epoxide rings is 1. The molecule has 3 aliphatic carbocycles. The molecule has 1 spiro atoms. The van der Waals surface area contributed by atoms with Crippen molar-refractivity contribution in [3.63, 3.8) is 0 Å². The molecule has 12 nitrogen and oxygen atoms in total. The summed E-state index contributed by atoms with van der Waals surface area (Å²) in [7, 11) is 0. The zero-order valence-electron chi connectivity index (χ0n) is 28.5. The summed E-state index contributed by atoms with van der Waals surface area (Å²) in [5.41, 5.74) is -6.91. The second-order valence-electron chi connectivity index (χ2n) is 14.3. The zero-order valence-corrected chi connectivity index (χ0v) is 30.1. The summed E-state index contributed by atoms with van der Waals surface area (Å²) in [4.78, 5) is 39.2. The van der Waals surface area contributed by atoms with E-state index in [9.17, 15) is 24.6 Å². The molecule has 0 amide bonds. The van der Waals surface area contributed by atoms with Gasteiger partial charge in [-0.2, -0.15) is 0 Å².